The van der Waals surface area contributed by atoms with Crippen LogP contribution in [0.3, 0.4) is 0 Å². The van der Waals surface area contributed by atoms with E-state index in [1.165, 1.54) is 6.92 Å². The lowest BCUT2D eigenvalue weighted by Crippen LogP contribution is -2.28. The highest BCUT2D eigenvalue weighted by atomic mass is 16.5. The summed E-state index contributed by atoms with van der Waals surface area (Å²) in [6.07, 6.45) is 3.58. The number of Topliss-reactive ketones (excluding diaryl/α,β-unsaturated/α-hetero) is 1. The van der Waals surface area contributed by atoms with Gasteiger partial charge in [-0.1, -0.05) is 0 Å². The highest BCUT2D eigenvalue weighted by molar-refractivity contribution is 5.93. The van der Waals surface area contributed by atoms with E-state index >= 15 is 0 Å². The van der Waals surface area contributed by atoms with Crippen molar-refractivity contribution in [2.24, 2.45) is 7.05 Å². The van der Waals surface area contributed by atoms with Gasteiger partial charge in [-0.15, -0.1) is 0 Å². The number of aromatic nitrogens is 1. The Balaban J connectivity index is 3.15. The number of hydrogen-bond donors (Lipinski definition) is 0. The van der Waals surface area contributed by atoms with E-state index in [4.69, 9.17) is 4.74 Å². The molecule has 0 spiro atoms. The van der Waals surface area contributed by atoms with Crippen molar-refractivity contribution in [3.8, 4) is 5.75 Å². The smallest absolute Gasteiger partial charge is 0.210 e. The van der Waals surface area contributed by atoms with E-state index in [0.29, 0.717) is 11.3 Å². The third kappa shape index (κ3) is 1.81. The Kier molecular flexibility index (Phi) is 2.43. The largest absolute Gasteiger partial charge is 0.491 e. The number of methoxy groups -OCH3 is 1. The summed E-state index contributed by atoms with van der Waals surface area (Å²) >= 11 is 0. The van der Waals surface area contributed by atoms with Crippen molar-refractivity contribution in [3.05, 3.63) is 24.0 Å². The first-order valence-corrected chi connectivity index (χ1v) is 3.68. The molecule has 1 aromatic rings. The molecule has 0 aliphatic heterocycles. The van der Waals surface area contributed by atoms with Crippen LogP contribution in [0.5, 0.6) is 5.75 Å². The highest BCUT2D eigenvalue weighted by Crippen LogP contribution is 2.08. The first kappa shape index (κ1) is 8.71. The normalized spacial score (nSPS) is 9.58. The van der Waals surface area contributed by atoms with Crippen LogP contribution in [0.4, 0.5) is 0 Å². The number of ketones is 1. The van der Waals surface area contributed by atoms with Gasteiger partial charge in [0.25, 0.3) is 0 Å². The molecular formula is C9H12NO2+. The summed E-state index contributed by atoms with van der Waals surface area (Å²) < 4.78 is 6.81. The van der Waals surface area contributed by atoms with Crippen LogP contribution in [0.1, 0.15) is 17.3 Å². The number of rotatable bonds is 2. The average molecular weight is 166 g/mol. The number of carbonyl (C=O) groups excluding carboxylic acids is 1. The summed E-state index contributed by atoms with van der Waals surface area (Å²) in [4.78, 5) is 11.0. The number of ether oxygens (including phenoxy) is 1. The maximum absolute atomic E-state index is 11.0. The zero-order valence-electron chi connectivity index (χ0n) is 7.50. The minimum absolute atomic E-state index is 0.0458. The highest BCUT2D eigenvalue weighted by Gasteiger charge is 2.07. The Bertz CT molecular complexity index is 307. The second kappa shape index (κ2) is 3.34. The predicted octanol–water partition coefficient (Wildman–Crippen LogP) is 0.722. The molecule has 0 saturated heterocycles. The van der Waals surface area contributed by atoms with Gasteiger partial charge in [-0.25, -0.2) is 4.57 Å². The summed E-state index contributed by atoms with van der Waals surface area (Å²) in [6.45, 7) is 1.54. The van der Waals surface area contributed by atoms with Gasteiger partial charge >= 0.3 is 0 Å². The molecule has 12 heavy (non-hydrogen) atoms. The molecule has 1 heterocycles. The summed E-state index contributed by atoms with van der Waals surface area (Å²) in [6, 6.07) is 1.72. The van der Waals surface area contributed by atoms with Crippen LogP contribution in [0.2, 0.25) is 0 Å². The predicted molar refractivity (Wildman–Crippen MR) is 44.2 cm³/mol. The molecule has 0 aromatic carbocycles. The minimum Gasteiger partial charge on any atom is -0.491 e. The topological polar surface area (TPSA) is 30.2 Å². The Morgan fingerprint density at radius 2 is 2.17 bits per heavy atom. The quantitative estimate of drug-likeness (QED) is 0.478. The number of nitrogens with zero attached hydrogens (tertiary/aromatic N) is 1. The number of carbonyl (C=O) groups is 1. The molecule has 0 saturated carbocycles. The van der Waals surface area contributed by atoms with Crippen LogP contribution >= 0.6 is 0 Å². The van der Waals surface area contributed by atoms with Crippen molar-refractivity contribution in [2.45, 2.75) is 6.92 Å². The number of pyridine rings is 1. The molecule has 0 fully saturated rings. The van der Waals surface area contributed by atoms with E-state index in [2.05, 4.69) is 0 Å². The zero-order chi connectivity index (χ0) is 9.14. The standard InChI is InChI=1S/C9H12NO2/c1-7(11)8-4-9(12-3)6-10(2)5-8/h4-6H,1-3H3/q+1. The lowest BCUT2D eigenvalue weighted by Gasteiger charge is -1.98. The molecule has 0 bridgehead atoms. The Labute approximate surface area is 71.6 Å². The molecular weight excluding hydrogens is 154 g/mol. The Morgan fingerprint density at radius 3 is 2.67 bits per heavy atom. The molecule has 1 aromatic heterocycles. The average Bonchev–Trinajstić information content (AvgIpc) is 2.03. The van der Waals surface area contributed by atoms with E-state index in [-0.39, 0.29) is 5.78 Å². The molecule has 0 unspecified atom stereocenters. The van der Waals surface area contributed by atoms with Crippen molar-refractivity contribution in [2.75, 3.05) is 7.11 Å². The van der Waals surface area contributed by atoms with Gasteiger partial charge in [0.2, 0.25) is 6.20 Å². The van der Waals surface area contributed by atoms with Crippen molar-refractivity contribution in [3.63, 3.8) is 0 Å². The van der Waals surface area contributed by atoms with Gasteiger partial charge in [-0.3, -0.25) is 4.79 Å². The van der Waals surface area contributed by atoms with Crippen molar-refractivity contribution >= 4 is 5.78 Å². The summed E-state index contributed by atoms with van der Waals surface area (Å²) in [5.74, 6) is 0.745. The fraction of sp³-hybridized carbons (Fsp3) is 0.333. The first-order valence-electron chi connectivity index (χ1n) is 3.68. The second-order valence-corrected chi connectivity index (χ2v) is 2.69. The zero-order valence-corrected chi connectivity index (χ0v) is 7.50. The van der Waals surface area contributed by atoms with Crippen LogP contribution < -0.4 is 9.30 Å². The molecule has 64 valence electrons. The maximum Gasteiger partial charge on any atom is 0.210 e. The summed E-state index contributed by atoms with van der Waals surface area (Å²) in [5, 5.41) is 0. The van der Waals surface area contributed by atoms with Gasteiger partial charge in [-0.2, -0.15) is 0 Å². The summed E-state index contributed by atoms with van der Waals surface area (Å²) in [7, 11) is 3.44. The second-order valence-electron chi connectivity index (χ2n) is 2.69. The van der Waals surface area contributed by atoms with E-state index in [0.717, 1.165) is 0 Å². The number of aryl methyl sites for hydroxylation is 1. The van der Waals surface area contributed by atoms with Crippen molar-refractivity contribution in [1.82, 2.24) is 0 Å². The maximum atomic E-state index is 11.0. The molecule has 0 radical (unpaired) electrons. The lowest BCUT2D eigenvalue weighted by atomic mass is 10.2. The number of hydrogen-bond acceptors (Lipinski definition) is 2. The Morgan fingerprint density at radius 1 is 1.50 bits per heavy atom. The molecule has 3 nitrogen and oxygen atoms in total. The van der Waals surface area contributed by atoms with Crippen LogP contribution in [-0.4, -0.2) is 12.9 Å². The monoisotopic (exact) mass is 166 g/mol. The van der Waals surface area contributed by atoms with Gasteiger partial charge in [0.05, 0.1) is 12.7 Å². The molecule has 0 aliphatic rings. The van der Waals surface area contributed by atoms with Crippen LogP contribution in [-0.2, 0) is 7.05 Å². The molecule has 1 rings (SSSR count). The molecule has 0 atom stereocenters. The van der Waals surface area contributed by atoms with Crippen LogP contribution in [0.25, 0.3) is 0 Å². The van der Waals surface area contributed by atoms with Gasteiger partial charge in [0, 0.05) is 6.07 Å². The van der Waals surface area contributed by atoms with Gasteiger partial charge in [0.1, 0.15) is 7.05 Å². The molecule has 3 heteroatoms. The lowest BCUT2D eigenvalue weighted by molar-refractivity contribution is -0.671. The van der Waals surface area contributed by atoms with Crippen molar-refractivity contribution < 1.29 is 14.1 Å². The van der Waals surface area contributed by atoms with Gasteiger partial charge in [-0.05, 0) is 6.92 Å². The molecule has 0 aliphatic carbocycles. The fourth-order valence-corrected chi connectivity index (χ4v) is 0.989. The van der Waals surface area contributed by atoms with E-state index in [1.807, 2.05) is 13.2 Å². The molecule has 0 N–H and O–H groups in total. The van der Waals surface area contributed by atoms with E-state index in [9.17, 15) is 4.79 Å². The first-order chi connectivity index (χ1) is 5.63. The van der Waals surface area contributed by atoms with E-state index < -0.39 is 0 Å². The van der Waals surface area contributed by atoms with Crippen LogP contribution in [0, 0.1) is 0 Å². The third-order valence-corrected chi connectivity index (χ3v) is 1.61. The third-order valence-electron chi connectivity index (χ3n) is 1.61. The Hall–Kier alpha value is -1.38. The summed E-state index contributed by atoms with van der Waals surface area (Å²) in [5.41, 5.74) is 0.664. The molecule has 0 amide bonds. The fourth-order valence-electron chi connectivity index (χ4n) is 0.989. The SMILES string of the molecule is COc1cc(C(C)=O)c[n+](C)c1. The van der Waals surface area contributed by atoms with Crippen LogP contribution in [0.15, 0.2) is 18.5 Å². The van der Waals surface area contributed by atoms with E-state index in [1.54, 1.807) is 23.9 Å². The minimum atomic E-state index is 0.0458. The van der Waals surface area contributed by atoms with Gasteiger partial charge < -0.3 is 4.74 Å². The van der Waals surface area contributed by atoms with Gasteiger partial charge in [0.15, 0.2) is 17.7 Å². The van der Waals surface area contributed by atoms with Crippen molar-refractivity contribution in [1.29, 1.82) is 0 Å².